The van der Waals surface area contributed by atoms with Crippen molar-refractivity contribution >= 4 is 21.8 Å². The van der Waals surface area contributed by atoms with Crippen molar-refractivity contribution in [1.82, 2.24) is 24.5 Å². The van der Waals surface area contributed by atoms with E-state index < -0.39 is 10.0 Å². The molecule has 0 radical (unpaired) electrons. The van der Waals surface area contributed by atoms with E-state index >= 15 is 0 Å². The van der Waals surface area contributed by atoms with Crippen LogP contribution >= 0.6 is 11.8 Å². The number of hydrogen-bond acceptors (Lipinski definition) is 6. The third kappa shape index (κ3) is 4.29. The van der Waals surface area contributed by atoms with Crippen LogP contribution in [0.25, 0.3) is 0 Å². The predicted molar refractivity (Wildman–Crippen MR) is 100 cm³/mol. The Bertz CT molecular complexity index is 972. The number of aromatic nitrogens is 4. The number of sulfonamides is 1. The summed E-state index contributed by atoms with van der Waals surface area (Å²) < 4.78 is 27.5. The number of thioether (sulfide) groups is 1. The van der Waals surface area contributed by atoms with Crippen molar-refractivity contribution in [2.45, 2.75) is 22.3 Å². The molecular weight excluding hydrogens is 370 g/mol. The molecule has 7 nitrogen and oxygen atoms in total. The largest absolute Gasteiger partial charge is 0.242 e. The average Bonchev–Trinajstić information content (AvgIpc) is 3.08. The third-order valence-corrected chi connectivity index (χ3v) is 6.56. The lowest BCUT2D eigenvalue weighted by molar-refractivity contribution is 0.520. The lowest BCUT2D eigenvalue weighted by Gasteiger charge is -2.12. The van der Waals surface area contributed by atoms with Gasteiger partial charge in [0.25, 0.3) is 0 Å². The SMILES string of the molecule is CN(C)S(=O)(=O)c1cccc(CSc2nnnn2Cc2ccccc2)c1. The highest BCUT2D eigenvalue weighted by Crippen LogP contribution is 2.23. The van der Waals surface area contributed by atoms with E-state index in [0.717, 1.165) is 11.1 Å². The molecule has 0 fully saturated rings. The van der Waals surface area contributed by atoms with Crippen molar-refractivity contribution in [2.75, 3.05) is 14.1 Å². The fourth-order valence-corrected chi connectivity index (χ4v) is 4.10. The first-order valence-corrected chi connectivity index (χ1v) is 10.3. The molecule has 2 aromatic carbocycles. The molecule has 0 unspecified atom stereocenters. The summed E-state index contributed by atoms with van der Waals surface area (Å²) in [5.74, 6) is 0.575. The monoisotopic (exact) mass is 389 g/mol. The maximum absolute atomic E-state index is 12.3. The predicted octanol–water partition coefficient (Wildman–Crippen LogP) is 2.26. The second kappa shape index (κ2) is 7.98. The summed E-state index contributed by atoms with van der Waals surface area (Å²) >= 11 is 1.47. The minimum Gasteiger partial charge on any atom is -0.216 e. The van der Waals surface area contributed by atoms with Crippen LogP contribution in [0.5, 0.6) is 0 Å². The molecule has 0 N–H and O–H groups in total. The molecule has 9 heteroatoms. The molecule has 0 bridgehead atoms. The van der Waals surface area contributed by atoms with Crippen molar-refractivity contribution in [3.63, 3.8) is 0 Å². The second-order valence-corrected chi connectivity index (χ2v) is 8.92. The molecule has 3 rings (SSSR count). The van der Waals surface area contributed by atoms with Gasteiger partial charge in [-0.25, -0.2) is 17.4 Å². The normalized spacial score (nSPS) is 11.8. The smallest absolute Gasteiger partial charge is 0.216 e. The number of rotatable bonds is 7. The van der Waals surface area contributed by atoms with Gasteiger partial charge in [-0.05, 0) is 33.7 Å². The molecule has 0 saturated carbocycles. The van der Waals surface area contributed by atoms with Crippen LogP contribution in [-0.2, 0) is 22.3 Å². The number of benzene rings is 2. The second-order valence-electron chi connectivity index (χ2n) is 5.83. The summed E-state index contributed by atoms with van der Waals surface area (Å²) in [5.41, 5.74) is 2.01. The van der Waals surface area contributed by atoms with Gasteiger partial charge >= 0.3 is 0 Å². The summed E-state index contributed by atoms with van der Waals surface area (Å²) in [5, 5.41) is 12.5. The van der Waals surface area contributed by atoms with Crippen LogP contribution in [0.4, 0.5) is 0 Å². The van der Waals surface area contributed by atoms with E-state index in [1.807, 2.05) is 36.4 Å². The van der Waals surface area contributed by atoms with Gasteiger partial charge < -0.3 is 0 Å². The van der Waals surface area contributed by atoms with E-state index in [4.69, 9.17) is 0 Å². The van der Waals surface area contributed by atoms with E-state index in [2.05, 4.69) is 15.5 Å². The van der Waals surface area contributed by atoms with Crippen molar-refractivity contribution in [3.8, 4) is 0 Å². The molecule has 136 valence electrons. The minimum atomic E-state index is -3.44. The van der Waals surface area contributed by atoms with Gasteiger partial charge in [-0.2, -0.15) is 0 Å². The van der Waals surface area contributed by atoms with Crippen molar-refractivity contribution in [1.29, 1.82) is 0 Å². The molecule has 0 atom stereocenters. The Morgan fingerprint density at radius 1 is 1.04 bits per heavy atom. The Balaban J connectivity index is 1.72. The van der Waals surface area contributed by atoms with Gasteiger partial charge in [0, 0.05) is 19.8 Å². The lowest BCUT2D eigenvalue weighted by Crippen LogP contribution is -2.22. The Morgan fingerprint density at radius 2 is 1.77 bits per heavy atom. The van der Waals surface area contributed by atoms with Crippen LogP contribution in [0.3, 0.4) is 0 Å². The molecule has 0 aliphatic carbocycles. The van der Waals surface area contributed by atoms with Gasteiger partial charge in [-0.15, -0.1) is 5.10 Å². The first-order chi connectivity index (χ1) is 12.5. The van der Waals surface area contributed by atoms with Gasteiger partial charge in [0.2, 0.25) is 15.2 Å². The van der Waals surface area contributed by atoms with E-state index in [0.29, 0.717) is 17.5 Å². The molecule has 0 spiro atoms. The van der Waals surface area contributed by atoms with E-state index in [-0.39, 0.29) is 4.90 Å². The van der Waals surface area contributed by atoms with Crippen LogP contribution < -0.4 is 0 Å². The zero-order valence-corrected chi connectivity index (χ0v) is 16.1. The van der Waals surface area contributed by atoms with E-state index in [1.54, 1.807) is 22.9 Å². The quantitative estimate of drug-likeness (QED) is 0.577. The fourth-order valence-electron chi connectivity index (χ4n) is 2.31. The van der Waals surface area contributed by atoms with E-state index in [9.17, 15) is 8.42 Å². The van der Waals surface area contributed by atoms with Gasteiger partial charge in [0.05, 0.1) is 11.4 Å². The van der Waals surface area contributed by atoms with Gasteiger partial charge in [0.15, 0.2) is 0 Å². The zero-order valence-electron chi connectivity index (χ0n) is 14.5. The summed E-state index contributed by atoms with van der Waals surface area (Å²) in [7, 11) is -0.397. The molecule has 0 saturated heterocycles. The van der Waals surface area contributed by atoms with Gasteiger partial charge in [-0.3, -0.25) is 0 Å². The van der Waals surface area contributed by atoms with Crippen molar-refractivity contribution in [2.24, 2.45) is 0 Å². The molecule has 0 aliphatic rings. The summed E-state index contributed by atoms with van der Waals surface area (Å²) in [6.07, 6.45) is 0. The topological polar surface area (TPSA) is 81.0 Å². The summed E-state index contributed by atoms with van der Waals surface area (Å²) in [6.45, 7) is 0.589. The van der Waals surface area contributed by atoms with Crippen molar-refractivity contribution < 1.29 is 8.42 Å². The molecule has 0 aliphatic heterocycles. The number of nitrogens with zero attached hydrogens (tertiary/aromatic N) is 5. The van der Waals surface area contributed by atoms with Crippen molar-refractivity contribution in [3.05, 3.63) is 65.7 Å². The molecule has 1 aromatic heterocycles. The summed E-state index contributed by atoms with van der Waals surface area (Å²) in [6, 6.07) is 16.9. The van der Waals surface area contributed by atoms with Gasteiger partial charge in [-0.1, -0.05) is 54.2 Å². The molecule has 0 amide bonds. The molecule has 3 aromatic rings. The Labute approximate surface area is 157 Å². The zero-order chi connectivity index (χ0) is 18.6. The first kappa shape index (κ1) is 18.6. The molecule has 1 heterocycles. The van der Waals surface area contributed by atoms with Crippen LogP contribution in [0.15, 0.2) is 64.6 Å². The van der Waals surface area contributed by atoms with Crippen LogP contribution in [0, 0.1) is 0 Å². The Kier molecular flexibility index (Phi) is 5.70. The highest BCUT2D eigenvalue weighted by Gasteiger charge is 2.17. The third-order valence-electron chi connectivity index (χ3n) is 3.72. The first-order valence-electron chi connectivity index (χ1n) is 7.91. The van der Waals surface area contributed by atoms with Gasteiger partial charge in [0.1, 0.15) is 0 Å². The van der Waals surface area contributed by atoms with Crippen LogP contribution in [0.1, 0.15) is 11.1 Å². The Morgan fingerprint density at radius 3 is 2.50 bits per heavy atom. The molecular formula is C17H19N5O2S2. The highest BCUT2D eigenvalue weighted by atomic mass is 32.2. The lowest BCUT2D eigenvalue weighted by atomic mass is 10.2. The van der Waals surface area contributed by atoms with Crippen LogP contribution in [0.2, 0.25) is 0 Å². The van der Waals surface area contributed by atoms with Crippen LogP contribution in [-0.4, -0.2) is 47.0 Å². The minimum absolute atomic E-state index is 0.282. The number of tetrazole rings is 1. The standard InChI is InChI=1S/C17H19N5O2S2/c1-21(2)26(23,24)16-10-6-9-15(11-16)13-25-17-18-19-20-22(17)12-14-7-4-3-5-8-14/h3-11H,12-13H2,1-2H3. The maximum Gasteiger partial charge on any atom is 0.242 e. The Hall–Kier alpha value is -2.23. The summed E-state index contributed by atoms with van der Waals surface area (Å²) in [4.78, 5) is 0.282. The highest BCUT2D eigenvalue weighted by molar-refractivity contribution is 7.98. The molecule has 26 heavy (non-hydrogen) atoms. The fraction of sp³-hybridized carbons (Fsp3) is 0.235. The number of hydrogen-bond donors (Lipinski definition) is 0. The maximum atomic E-state index is 12.3. The van der Waals surface area contributed by atoms with E-state index in [1.165, 1.54) is 30.2 Å². The average molecular weight is 390 g/mol.